The summed E-state index contributed by atoms with van der Waals surface area (Å²) in [6.07, 6.45) is 9.99. The lowest BCUT2D eigenvalue weighted by Gasteiger charge is -2.39. The van der Waals surface area contributed by atoms with Crippen LogP contribution in [-0.2, 0) is 0 Å². The maximum atomic E-state index is 13.3. The number of H-pyrrole nitrogens is 2. The molecule has 7 heterocycles. The number of fused-ring (bicyclic) bond motifs is 3. The molecule has 5 aromatic rings. The van der Waals surface area contributed by atoms with E-state index in [0.29, 0.717) is 47.0 Å². The molecule has 40 heavy (non-hydrogen) atoms. The highest BCUT2D eigenvalue weighted by Gasteiger charge is 2.45. The summed E-state index contributed by atoms with van der Waals surface area (Å²) in [5, 5.41) is 11.1. The van der Waals surface area contributed by atoms with Crippen LogP contribution in [0.3, 0.4) is 0 Å². The first-order valence-corrected chi connectivity index (χ1v) is 13.2. The smallest absolute Gasteiger partial charge is 0.272 e. The van der Waals surface area contributed by atoms with Gasteiger partial charge < -0.3 is 21.4 Å². The lowest BCUT2D eigenvalue weighted by Crippen LogP contribution is -2.46. The maximum Gasteiger partial charge on any atom is 0.272 e. The molecule has 13 heteroatoms. The zero-order chi connectivity index (χ0) is 27.5. The number of nitrogens with two attached hydrogens (primary N) is 2. The first-order chi connectivity index (χ1) is 19.4. The van der Waals surface area contributed by atoms with Crippen molar-refractivity contribution in [1.82, 2.24) is 44.6 Å². The second kappa shape index (κ2) is 9.00. The molecular formula is C27H27N11O2. The van der Waals surface area contributed by atoms with Crippen LogP contribution in [0, 0.1) is 0 Å². The van der Waals surface area contributed by atoms with Crippen LogP contribution in [-0.4, -0.2) is 68.4 Å². The van der Waals surface area contributed by atoms with Crippen molar-refractivity contribution in [3.63, 3.8) is 0 Å². The summed E-state index contributed by atoms with van der Waals surface area (Å²) in [6, 6.07) is 5.41. The normalized spacial score (nSPS) is 20.3. The Morgan fingerprint density at radius 3 is 2.50 bits per heavy atom. The third-order valence-corrected chi connectivity index (χ3v) is 8.06. The number of ketones is 1. The van der Waals surface area contributed by atoms with Crippen LogP contribution in [0.1, 0.15) is 65.1 Å². The molecular weight excluding hydrogens is 510 g/mol. The Morgan fingerprint density at radius 2 is 1.88 bits per heavy atom. The largest absolute Gasteiger partial charge is 0.383 e. The van der Waals surface area contributed by atoms with Gasteiger partial charge in [0.15, 0.2) is 17.3 Å². The molecule has 0 unspecified atom stereocenters. The molecule has 3 atom stereocenters. The summed E-state index contributed by atoms with van der Waals surface area (Å²) in [6.45, 7) is 1.50. The molecule has 0 spiro atoms. The summed E-state index contributed by atoms with van der Waals surface area (Å²) in [7, 11) is 0. The number of anilines is 2. The fourth-order valence-electron chi connectivity index (χ4n) is 6.31. The first kappa shape index (κ1) is 24.0. The van der Waals surface area contributed by atoms with Crippen molar-refractivity contribution < 1.29 is 9.59 Å². The number of nitrogen functional groups attached to an aromatic ring is 2. The predicted octanol–water partition coefficient (Wildman–Crippen LogP) is 2.82. The van der Waals surface area contributed by atoms with Crippen molar-refractivity contribution in [2.24, 2.45) is 0 Å². The van der Waals surface area contributed by atoms with E-state index in [1.54, 1.807) is 30.9 Å². The molecule has 2 bridgehead atoms. The lowest BCUT2D eigenvalue weighted by molar-refractivity contribution is 0.0562. The number of imidazole rings is 1. The number of pyridine rings is 1. The number of aromatic nitrogens is 8. The molecule has 7 rings (SSSR count). The van der Waals surface area contributed by atoms with Crippen LogP contribution < -0.4 is 11.5 Å². The van der Waals surface area contributed by atoms with Crippen LogP contribution in [0.2, 0.25) is 0 Å². The average molecular weight is 538 g/mol. The van der Waals surface area contributed by atoms with Gasteiger partial charge in [0.25, 0.3) is 5.91 Å². The maximum absolute atomic E-state index is 13.3. The number of rotatable bonds is 5. The van der Waals surface area contributed by atoms with Gasteiger partial charge in [0, 0.05) is 53.8 Å². The van der Waals surface area contributed by atoms with Crippen LogP contribution in [0.25, 0.3) is 28.3 Å². The number of piperidine rings is 1. The van der Waals surface area contributed by atoms with Gasteiger partial charge in [-0.2, -0.15) is 14.7 Å². The third kappa shape index (κ3) is 3.73. The van der Waals surface area contributed by atoms with Gasteiger partial charge in [-0.05, 0) is 38.7 Å². The Labute approximate surface area is 228 Å². The molecule has 13 nitrogen and oxygen atoms in total. The summed E-state index contributed by atoms with van der Waals surface area (Å²) < 4.78 is 1.52. The van der Waals surface area contributed by atoms with Crippen molar-refractivity contribution in [1.29, 1.82) is 0 Å². The Morgan fingerprint density at radius 1 is 1.07 bits per heavy atom. The fraction of sp³-hybridized carbons (Fsp3) is 0.296. The van der Waals surface area contributed by atoms with Crippen molar-refractivity contribution >= 4 is 29.0 Å². The van der Waals surface area contributed by atoms with Crippen LogP contribution in [0.4, 0.5) is 11.6 Å². The number of Topliss-reactive ketones (excluding diaryl/α,β-unsaturated/α-hetero) is 1. The minimum atomic E-state index is -0.165. The second-order valence-electron chi connectivity index (χ2n) is 10.4. The Hall–Kier alpha value is -5.07. The van der Waals surface area contributed by atoms with E-state index in [1.807, 2.05) is 17.0 Å². The van der Waals surface area contributed by atoms with Crippen LogP contribution in [0.15, 0.2) is 43.0 Å². The number of nitrogens with zero attached hydrogens (tertiary/aromatic N) is 7. The minimum Gasteiger partial charge on any atom is -0.383 e. The van der Waals surface area contributed by atoms with E-state index in [0.717, 1.165) is 24.0 Å². The molecule has 2 aliphatic rings. The van der Waals surface area contributed by atoms with E-state index < -0.39 is 0 Å². The van der Waals surface area contributed by atoms with Gasteiger partial charge in [-0.1, -0.05) is 6.07 Å². The Balaban J connectivity index is 1.25. The molecule has 0 aromatic carbocycles. The van der Waals surface area contributed by atoms with Gasteiger partial charge in [0.2, 0.25) is 0 Å². The summed E-state index contributed by atoms with van der Waals surface area (Å²) >= 11 is 0. The number of aromatic amines is 2. The van der Waals surface area contributed by atoms with E-state index >= 15 is 0 Å². The molecule has 1 amide bonds. The summed E-state index contributed by atoms with van der Waals surface area (Å²) in [4.78, 5) is 45.0. The van der Waals surface area contributed by atoms with Gasteiger partial charge >= 0.3 is 0 Å². The van der Waals surface area contributed by atoms with Crippen molar-refractivity contribution in [2.45, 2.75) is 50.6 Å². The molecule has 0 aliphatic carbocycles. The van der Waals surface area contributed by atoms with E-state index in [4.69, 9.17) is 16.5 Å². The van der Waals surface area contributed by atoms with Gasteiger partial charge in [-0.15, -0.1) is 0 Å². The third-order valence-electron chi connectivity index (χ3n) is 8.06. The van der Waals surface area contributed by atoms with E-state index in [9.17, 15) is 9.59 Å². The zero-order valence-corrected chi connectivity index (χ0v) is 21.7. The lowest BCUT2D eigenvalue weighted by atomic mass is 9.85. The molecule has 202 valence electrons. The number of carbonyl (C=O) groups is 2. The van der Waals surface area contributed by atoms with Crippen molar-refractivity contribution in [3.8, 4) is 22.6 Å². The highest BCUT2D eigenvalue weighted by atomic mass is 16.2. The number of amides is 1. The Kier molecular flexibility index (Phi) is 5.40. The van der Waals surface area contributed by atoms with Crippen molar-refractivity contribution in [3.05, 3.63) is 59.9 Å². The Bertz CT molecular complexity index is 1740. The number of carbonyl (C=O) groups excluding carboxylic acids is 2. The average Bonchev–Trinajstić information content (AvgIpc) is 3.75. The number of hydrogen-bond donors (Lipinski definition) is 4. The molecule has 6 N–H and O–H groups in total. The summed E-state index contributed by atoms with van der Waals surface area (Å²) in [5.41, 5.74) is 16.6. The SMILES string of the molecule is CC(=O)c1c([C@H]2C[C@H]3CC[C@@H](C2)N3C(=O)c2cc(N)n[nH]2)nc2c(-c3ccc(-c4ncc[nH]4)nc3)cnn2c1N. The number of nitrogens with one attached hydrogen (secondary N) is 2. The molecule has 0 saturated carbocycles. The topological polar surface area (TPSA) is 190 Å². The highest BCUT2D eigenvalue weighted by Crippen LogP contribution is 2.45. The van der Waals surface area contributed by atoms with E-state index in [2.05, 4.69) is 30.2 Å². The number of hydrogen-bond acceptors (Lipinski definition) is 9. The first-order valence-electron chi connectivity index (χ1n) is 13.2. The highest BCUT2D eigenvalue weighted by molar-refractivity contribution is 6.00. The fourth-order valence-corrected chi connectivity index (χ4v) is 6.31. The van der Waals surface area contributed by atoms with Gasteiger partial charge in [-0.3, -0.25) is 19.7 Å². The van der Waals surface area contributed by atoms with Gasteiger partial charge in [-0.25, -0.2) is 9.97 Å². The predicted molar refractivity (Wildman–Crippen MR) is 146 cm³/mol. The van der Waals surface area contributed by atoms with Crippen molar-refractivity contribution in [2.75, 3.05) is 11.5 Å². The second-order valence-corrected chi connectivity index (χ2v) is 10.4. The van der Waals surface area contributed by atoms with E-state index in [1.165, 1.54) is 11.4 Å². The summed E-state index contributed by atoms with van der Waals surface area (Å²) in [5.74, 6) is 0.917. The molecule has 2 fully saturated rings. The minimum absolute atomic E-state index is 0.0163. The molecule has 5 aromatic heterocycles. The quantitative estimate of drug-likeness (QED) is 0.244. The molecule has 0 radical (unpaired) electrons. The van der Waals surface area contributed by atoms with Crippen LogP contribution >= 0.6 is 0 Å². The zero-order valence-electron chi connectivity index (χ0n) is 21.7. The van der Waals surface area contributed by atoms with Gasteiger partial charge in [0.1, 0.15) is 23.0 Å². The molecule has 2 aliphatic heterocycles. The van der Waals surface area contributed by atoms with Crippen LogP contribution in [0.5, 0.6) is 0 Å². The van der Waals surface area contributed by atoms with E-state index in [-0.39, 0.29) is 41.3 Å². The monoisotopic (exact) mass is 537 g/mol. The molecule has 2 saturated heterocycles. The standard InChI is InChI=1S/C27H27N11O2/c1-13(39)22-23(15-8-16-3-4-17(9-15)37(16)27(40)20-10-21(28)36-35-20)34-26-18(12-33-38(26)24(22)29)14-2-5-19(32-11-14)25-30-6-7-31-25/h2,5-7,10-12,15-17H,3-4,8-9,29H2,1H3,(H,30,31)(H3,28,35,36)/t15-,16+,17-. The van der Waals surface area contributed by atoms with Gasteiger partial charge in [0.05, 0.1) is 17.5 Å².